The quantitative estimate of drug-likeness (QED) is 0.480. The zero-order valence-electron chi connectivity index (χ0n) is 22.0. The minimum absolute atomic E-state index is 0.137. The number of hydrogen-bond acceptors (Lipinski definition) is 6. The Hall–Kier alpha value is -3.39. The predicted octanol–water partition coefficient (Wildman–Crippen LogP) is 5.00. The van der Waals surface area contributed by atoms with Crippen molar-refractivity contribution in [3.63, 3.8) is 0 Å². The van der Waals surface area contributed by atoms with Gasteiger partial charge in [-0.05, 0) is 61.4 Å². The van der Waals surface area contributed by atoms with E-state index < -0.39 is 0 Å². The second kappa shape index (κ2) is 10.9. The number of carbonyl (C=O) groups is 1. The molecule has 8 heteroatoms. The molecule has 1 fully saturated rings. The summed E-state index contributed by atoms with van der Waals surface area (Å²) in [5.41, 5.74) is 4.19. The van der Waals surface area contributed by atoms with Gasteiger partial charge in [-0.1, -0.05) is 18.7 Å². The van der Waals surface area contributed by atoms with Gasteiger partial charge in [0.15, 0.2) is 0 Å². The number of likely N-dealkylation sites (tertiary alicyclic amines) is 1. The number of nitrogens with one attached hydrogen (secondary N) is 1. The van der Waals surface area contributed by atoms with Crippen molar-refractivity contribution in [3.05, 3.63) is 65.3 Å². The second-order valence-electron chi connectivity index (χ2n) is 9.86. The first-order valence-corrected chi connectivity index (χ1v) is 13.9. The van der Waals surface area contributed by atoms with Gasteiger partial charge in [0, 0.05) is 74.9 Å². The maximum absolute atomic E-state index is 14.1. The lowest BCUT2D eigenvalue weighted by Gasteiger charge is -2.39. The number of benzene rings is 1. The summed E-state index contributed by atoms with van der Waals surface area (Å²) in [6.07, 6.45) is 9.82. The number of aliphatic imine (C=N–C) groups is 1. The van der Waals surface area contributed by atoms with Gasteiger partial charge in [-0.25, -0.2) is 0 Å². The molecule has 2 aliphatic rings. The number of piperidine rings is 1. The Morgan fingerprint density at radius 3 is 2.76 bits per heavy atom. The van der Waals surface area contributed by atoms with Gasteiger partial charge >= 0.3 is 0 Å². The van der Waals surface area contributed by atoms with Gasteiger partial charge in [-0.2, -0.15) is 5.10 Å². The van der Waals surface area contributed by atoms with Gasteiger partial charge in [-0.15, -0.1) is 11.3 Å². The molecule has 5 rings (SSSR count). The van der Waals surface area contributed by atoms with E-state index in [2.05, 4.69) is 64.1 Å². The second-order valence-corrected chi connectivity index (χ2v) is 10.9. The monoisotopic (exact) mass is 516 g/mol. The number of rotatable bonds is 7. The van der Waals surface area contributed by atoms with Crippen LogP contribution in [0.1, 0.15) is 40.9 Å². The molecular weight excluding hydrogens is 480 g/mol. The summed E-state index contributed by atoms with van der Waals surface area (Å²) in [6.45, 7) is 9.56. The number of fused-ring (bicyclic) bond motifs is 1. The average Bonchev–Trinajstić information content (AvgIpc) is 3.51. The molecule has 2 aliphatic heterocycles. The number of aryl methyl sites for hydroxylation is 2. The number of dihydropyridines is 1. The highest BCUT2D eigenvalue weighted by atomic mass is 32.1. The molecule has 194 valence electrons. The van der Waals surface area contributed by atoms with Crippen molar-refractivity contribution in [2.75, 3.05) is 33.2 Å². The van der Waals surface area contributed by atoms with Gasteiger partial charge < -0.3 is 15.1 Å². The number of amidine groups is 1. The molecular formula is C29H36N6OS. The predicted molar refractivity (Wildman–Crippen MR) is 153 cm³/mol. The summed E-state index contributed by atoms with van der Waals surface area (Å²) < 4.78 is 3.02. The molecule has 0 saturated carbocycles. The fraction of sp³-hybridized carbons (Fsp3) is 0.414. The Morgan fingerprint density at radius 2 is 2.08 bits per heavy atom. The zero-order chi connectivity index (χ0) is 25.9. The van der Waals surface area contributed by atoms with E-state index in [-0.39, 0.29) is 11.9 Å². The summed E-state index contributed by atoms with van der Waals surface area (Å²) in [5, 5.41) is 8.60. The molecule has 0 spiro atoms. The Labute approximate surface area is 223 Å². The van der Waals surface area contributed by atoms with Crippen molar-refractivity contribution < 1.29 is 4.79 Å². The van der Waals surface area contributed by atoms with Gasteiger partial charge in [0.05, 0.1) is 10.6 Å². The summed E-state index contributed by atoms with van der Waals surface area (Å²) in [4.78, 5) is 24.1. The molecule has 0 radical (unpaired) electrons. The van der Waals surface area contributed by atoms with E-state index in [1.165, 1.54) is 0 Å². The fourth-order valence-corrected chi connectivity index (χ4v) is 6.45. The van der Waals surface area contributed by atoms with Gasteiger partial charge in [-0.3, -0.25) is 14.5 Å². The third-order valence-corrected chi connectivity index (χ3v) is 8.84. The number of nitrogens with zero attached hydrogens (tertiary/aromatic N) is 5. The third kappa shape index (κ3) is 5.21. The number of hydrogen-bond donors (Lipinski definition) is 1. The van der Waals surface area contributed by atoms with Crippen molar-refractivity contribution in [1.29, 1.82) is 0 Å². The molecule has 0 aliphatic carbocycles. The highest BCUT2D eigenvalue weighted by Gasteiger charge is 2.31. The molecule has 2 aromatic heterocycles. The average molecular weight is 517 g/mol. The SMILES string of the molecule is C=C(CCN(C(=O)c1sc2ccc(-c3ccnn3C)cc2c1C)C1CCN(C2=NCCC=C2)CC1)NC. The Balaban J connectivity index is 1.40. The number of amides is 1. The number of aromatic nitrogens is 2. The molecule has 7 nitrogen and oxygen atoms in total. The smallest absolute Gasteiger partial charge is 0.264 e. The first-order valence-electron chi connectivity index (χ1n) is 13.1. The van der Waals surface area contributed by atoms with Crippen LogP contribution in [0.4, 0.5) is 0 Å². The summed E-state index contributed by atoms with van der Waals surface area (Å²) in [7, 11) is 3.84. The summed E-state index contributed by atoms with van der Waals surface area (Å²) in [6, 6.07) is 8.68. The van der Waals surface area contributed by atoms with E-state index in [9.17, 15) is 4.79 Å². The van der Waals surface area contributed by atoms with Crippen molar-refractivity contribution in [2.24, 2.45) is 12.0 Å². The topological polar surface area (TPSA) is 65.8 Å². The molecule has 1 amide bonds. The van der Waals surface area contributed by atoms with Gasteiger partial charge in [0.1, 0.15) is 5.84 Å². The van der Waals surface area contributed by atoms with Crippen LogP contribution in [0.15, 0.2) is 59.9 Å². The molecule has 1 aromatic carbocycles. The van der Waals surface area contributed by atoms with Crippen LogP contribution in [-0.4, -0.2) is 70.6 Å². The van der Waals surface area contributed by atoms with E-state index in [4.69, 9.17) is 4.99 Å². The fourth-order valence-electron chi connectivity index (χ4n) is 5.31. The van der Waals surface area contributed by atoms with Crippen LogP contribution in [0.2, 0.25) is 0 Å². The van der Waals surface area contributed by atoms with Crippen LogP contribution in [0.3, 0.4) is 0 Å². The molecule has 0 atom stereocenters. The van der Waals surface area contributed by atoms with E-state index in [1.54, 1.807) is 11.3 Å². The van der Waals surface area contributed by atoms with E-state index in [0.29, 0.717) is 6.54 Å². The van der Waals surface area contributed by atoms with Crippen LogP contribution < -0.4 is 5.32 Å². The Morgan fingerprint density at radius 1 is 1.27 bits per heavy atom. The van der Waals surface area contributed by atoms with Crippen molar-refractivity contribution in [3.8, 4) is 11.3 Å². The summed E-state index contributed by atoms with van der Waals surface area (Å²) >= 11 is 1.61. The minimum atomic E-state index is 0.137. The standard InChI is InChI=1S/C29H36N6OS/c1-20(30-3)11-18-35(23-12-16-34(17-13-23)27-7-5-6-14-31-27)29(36)28-21(2)24-19-22(8-9-26(24)37-28)25-10-15-32-33(25)4/h5,7-10,15,19,23,30H,1,6,11-14,16-18H2,2-4H3. The van der Waals surface area contributed by atoms with E-state index in [0.717, 1.165) is 88.6 Å². The van der Waals surface area contributed by atoms with Crippen LogP contribution in [-0.2, 0) is 7.05 Å². The van der Waals surface area contributed by atoms with Crippen LogP contribution in [0, 0.1) is 6.92 Å². The normalized spacial score (nSPS) is 16.2. The van der Waals surface area contributed by atoms with Crippen LogP contribution in [0.5, 0.6) is 0 Å². The lowest BCUT2D eigenvalue weighted by molar-refractivity contribution is 0.0619. The van der Waals surface area contributed by atoms with Crippen molar-refractivity contribution in [2.45, 2.75) is 38.6 Å². The number of thiophene rings is 1. The maximum atomic E-state index is 14.1. The lowest BCUT2D eigenvalue weighted by atomic mass is 10.0. The van der Waals surface area contributed by atoms with E-state index >= 15 is 0 Å². The largest absolute Gasteiger partial charge is 0.392 e. The highest BCUT2D eigenvalue weighted by molar-refractivity contribution is 7.21. The third-order valence-electron chi connectivity index (χ3n) is 7.58. The number of carbonyl (C=O) groups excluding carboxylic acids is 1. The highest BCUT2D eigenvalue weighted by Crippen LogP contribution is 2.35. The van der Waals surface area contributed by atoms with E-state index in [1.807, 2.05) is 31.0 Å². The molecule has 3 aromatic rings. The van der Waals surface area contributed by atoms with Gasteiger partial charge in [0.2, 0.25) is 0 Å². The van der Waals surface area contributed by atoms with Crippen molar-refractivity contribution >= 4 is 33.2 Å². The Bertz CT molecular complexity index is 1360. The van der Waals surface area contributed by atoms with Crippen LogP contribution in [0.25, 0.3) is 21.3 Å². The zero-order valence-corrected chi connectivity index (χ0v) is 22.9. The van der Waals surface area contributed by atoms with Crippen molar-refractivity contribution in [1.82, 2.24) is 24.9 Å². The van der Waals surface area contributed by atoms with Crippen LogP contribution >= 0.6 is 11.3 Å². The molecule has 1 saturated heterocycles. The molecule has 37 heavy (non-hydrogen) atoms. The first-order chi connectivity index (χ1) is 18.0. The lowest BCUT2D eigenvalue weighted by Crippen LogP contribution is -2.49. The molecule has 4 heterocycles. The maximum Gasteiger partial charge on any atom is 0.264 e. The molecule has 0 bridgehead atoms. The molecule has 1 N–H and O–H groups in total. The van der Waals surface area contributed by atoms with Gasteiger partial charge in [0.25, 0.3) is 5.91 Å². The summed E-state index contributed by atoms with van der Waals surface area (Å²) in [5.74, 6) is 1.23. The first kappa shape index (κ1) is 25.3. The minimum Gasteiger partial charge on any atom is -0.392 e. The molecule has 0 unspecified atom stereocenters. The Kier molecular flexibility index (Phi) is 7.46.